The van der Waals surface area contributed by atoms with Crippen LogP contribution in [0, 0.1) is 5.92 Å². The fraction of sp³-hybridized carbons (Fsp3) is 0.364. The molecule has 222 valence electrons. The van der Waals surface area contributed by atoms with E-state index in [0.717, 1.165) is 66.9 Å². The molecule has 2 N–H and O–H groups in total. The van der Waals surface area contributed by atoms with E-state index in [9.17, 15) is 18.0 Å². The van der Waals surface area contributed by atoms with Crippen molar-refractivity contribution in [3.8, 4) is 17.0 Å². The predicted octanol–water partition coefficient (Wildman–Crippen LogP) is 8.79. The van der Waals surface area contributed by atoms with Crippen LogP contribution in [0.15, 0.2) is 66.7 Å². The van der Waals surface area contributed by atoms with Crippen molar-refractivity contribution in [3.63, 3.8) is 0 Å². The number of nitrogens with zero attached hydrogens (tertiary/aromatic N) is 1. The van der Waals surface area contributed by atoms with Crippen LogP contribution in [-0.4, -0.2) is 41.8 Å². The highest BCUT2D eigenvalue weighted by atomic mass is 35.5. The van der Waals surface area contributed by atoms with Gasteiger partial charge in [0.1, 0.15) is 5.75 Å². The van der Waals surface area contributed by atoms with Gasteiger partial charge in [0.2, 0.25) is 5.91 Å². The minimum absolute atomic E-state index is 0.0129. The maximum absolute atomic E-state index is 12.9. The lowest BCUT2D eigenvalue weighted by molar-refractivity contribution is -0.274. The number of benzene rings is 3. The van der Waals surface area contributed by atoms with Crippen LogP contribution in [-0.2, 0) is 11.2 Å². The predicted molar refractivity (Wildman–Crippen MR) is 162 cm³/mol. The highest BCUT2D eigenvalue weighted by Gasteiger charge is 2.31. The van der Waals surface area contributed by atoms with E-state index in [-0.39, 0.29) is 17.6 Å². The molecule has 1 fully saturated rings. The smallest absolute Gasteiger partial charge is 0.406 e. The number of alkyl halides is 3. The Kier molecular flexibility index (Phi) is 9.13. The van der Waals surface area contributed by atoms with Gasteiger partial charge in [0.25, 0.3) is 0 Å². The number of aryl methyl sites for hydroxylation is 1. The standard InChI is InChI=1S/C33H35ClF3N3O2/c1-21(2)32(41)38-24-8-5-7-23(19-24)22-14-17-40(18-15-22)16-6-10-26-28-20-25(42-33(35,36)37)12-13-30(28)39-31(26)27-9-3-4-11-29(27)34/h3-5,7-9,11-13,19-22,39H,6,10,14-18H2,1-2H3,(H,38,41). The zero-order chi connectivity index (χ0) is 29.9. The molecular weight excluding hydrogens is 563 g/mol. The number of anilines is 1. The van der Waals surface area contributed by atoms with Crippen molar-refractivity contribution in [1.82, 2.24) is 9.88 Å². The maximum Gasteiger partial charge on any atom is 0.573 e. The summed E-state index contributed by atoms with van der Waals surface area (Å²) in [6.07, 6.45) is -1.19. The van der Waals surface area contributed by atoms with Crippen molar-refractivity contribution in [2.75, 3.05) is 25.0 Å². The van der Waals surface area contributed by atoms with E-state index < -0.39 is 6.36 Å². The molecule has 9 heteroatoms. The number of fused-ring (bicyclic) bond motifs is 1. The summed E-state index contributed by atoms with van der Waals surface area (Å²) in [6, 6.07) is 20.0. The maximum atomic E-state index is 12.9. The van der Waals surface area contributed by atoms with E-state index in [1.807, 2.05) is 50.2 Å². The molecular formula is C33H35ClF3N3O2. The van der Waals surface area contributed by atoms with Gasteiger partial charge >= 0.3 is 6.36 Å². The summed E-state index contributed by atoms with van der Waals surface area (Å²) >= 11 is 6.52. The number of hydrogen-bond donors (Lipinski definition) is 2. The monoisotopic (exact) mass is 597 g/mol. The Morgan fingerprint density at radius 1 is 1.07 bits per heavy atom. The largest absolute Gasteiger partial charge is 0.573 e. The van der Waals surface area contributed by atoms with Crippen LogP contribution >= 0.6 is 11.6 Å². The Hall–Kier alpha value is -3.49. The molecule has 2 heterocycles. The van der Waals surface area contributed by atoms with Gasteiger partial charge in [-0.2, -0.15) is 0 Å². The quantitative estimate of drug-likeness (QED) is 0.203. The number of nitrogens with one attached hydrogen (secondary N) is 2. The highest BCUT2D eigenvalue weighted by Crippen LogP contribution is 2.37. The summed E-state index contributed by atoms with van der Waals surface area (Å²) in [4.78, 5) is 17.9. The van der Waals surface area contributed by atoms with Gasteiger partial charge < -0.3 is 19.9 Å². The van der Waals surface area contributed by atoms with E-state index in [4.69, 9.17) is 11.6 Å². The van der Waals surface area contributed by atoms with E-state index in [1.54, 1.807) is 6.07 Å². The minimum atomic E-state index is -4.76. The number of H-pyrrole nitrogens is 1. The van der Waals surface area contributed by atoms with E-state index in [2.05, 4.69) is 32.1 Å². The van der Waals surface area contributed by atoms with Crippen molar-refractivity contribution in [2.24, 2.45) is 5.92 Å². The molecule has 0 radical (unpaired) electrons. The third kappa shape index (κ3) is 7.28. The number of ether oxygens (including phenoxy) is 1. The number of aromatic amines is 1. The number of hydrogen-bond acceptors (Lipinski definition) is 3. The number of carbonyl (C=O) groups is 1. The second-order valence-electron chi connectivity index (χ2n) is 11.2. The summed E-state index contributed by atoms with van der Waals surface area (Å²) < 4.78 is 43.0. The van der Waals surface area contributed by atoms with Crippen molar-refractivity contribution in [2.45, 2.75) is 51.8 Å². The van der Waals surface area contributed by atoms with Gasteiger partial charge in [0, 0.05) is 33.1 Å². The molecule has 0 saturated carbocycles. The first kappa shape index (κ1) is 30.0. The number of likely N-dealkylation sites (tertiary alicyclic amines) is 1. The second kappa shape index (κ2) is 12.8. The molecule has 1 aliphatic heterocycles. The summed E-state index contributed by atoms with van der Waals surface area (Å²) in [5.41, 5.74) is 5.39. The highest BCUT2D eigenvalue weighted by molar-refractivity contribution is 6.33. The average molecular weight is 598 g/mol. The van der Waals surface area contributed by atoms with Crippen LogP contribution in [0.2, 0.25) is 5.02 Å². The van der Waals surface area contributed by atoms with Crippen LogP contribution in [0.3, 0.4) is 0 Å². The lowest BCUT2D eigenvalue weighted by atomic mass is 9.89. The van der Waals surface area contributed by atoms with Crippen LogP contribution in [0.1, 0.15) is 50.2 Å². The molecule has 42 heavy (non-hydrogen) atoms. The average Bonchev–Trinajstić information content (AvgIpc) is 3.30. The molecule has 1 saturated heterocycles. The zero-order valence-corrected chi connectivity index (χ0v) is 24.5. The van der Waals surface area contributed by atoms with Gasteiger partial charge in [0.15, 0.2) is 0 Å². The van der Waals surface area contributed by atoms with Crippen molar-refractivity contribution >= 4 is 34.1 Å². The third-order valence-corrected chi connectivity index (χ3v) is 8.22. The van der Waals surface area contributed by atoms with Gasteiger partial charge in [0.05, 0.1) is 5.69 Å². The summed E-state index contributed by atoms with van der Waals surface area (Å²) in [5, 5.41) is 4.27. The SMILES string of the molecule is CC(C)C(=O)Nc1cccc(C2CCN(CCCc3c(-c4ccccc4Cl)[nH]c4ccc(OC(F)(F)F)cc34)CC2)c1. The molecule has 0 unspecified atom stereocenters. The zero-order valence-electron chi connectivity index (χ0n) is 23.7. The fourth-order valence-corrected chi connectivity index (χ4v) is 5.93. The van der Waals surface area contributed by atoms with E-state index in [0.29, 0.717) is 22.7 Å². The Balaban J connectivity index is 1.26. The Morgan fingerprint density at radius 3 is 2.55 bits per heavy atom. The van der Waals surface area contributed by atoms with Gasteiger partial charge in [-0.1, -0.05) is 55.8 Å². The lowest BCUT2D eigenvalue weighted by Crippen LogP contribution is -2.33. The van der Waals surface area contributed by atoms with E-state index in [1.165, 1.54) is 17.7 Å². The Labute approximate surface area is 249 Å². The van der Waals surface area contributed by atoms with Crippen LogP contribution in [0.5, 0.6) is 5.75 Å². The van der Waals surface area contributed by atoms with E-state index >= 15 is 0 Å². The number of halogens is 4. The van der Waals surface area contributed by atoms with Gasteiger partial charge in [-0.15, -0.1) is 13.2 Å². The summed E-state index contributed by atoms with van der Waals surface area (Å²) in [7, 11) is 0. The molecule has 5 nitrogen and oxygen atoms in total. The molecule has 1 aliphatic rings. The molecule has 3 aromatic carbocycles. The molecule has 4 aromatic rings. The van der Waals surface area contributed by atoms with Crippen LogP contribution in [0.4, 0.5) is 18.9 Å². The second-order valence-corrected chi connectivity index (χ2v) is 11.6. The molecule has 1 amide bonds. The lowest BCUT2D eigenvalue weighted by Gasteiger charge is -2.32. The third-order valence-electron chi connectivity index (χ3n) is 7.89. The summed E-state index contributed by atoms with van der Waals surface area (Å²) in [6.45, 7) is 6.56. The van der Waals surface area contributed by atoms with Crippen molar-refractivity contribution in [1.29, 1.82) is 0 Å². The Bertz CT molecular complexity index is 1540. The topological polar surface area (TPSA) is 57.4 Å². The fourth-order valence-electron chi connectivity index (χ4n) is 5.70. The number of rotatable bonds is 9. The molecule has 0 spiro atoms. The number of amides is 1. The first-order chi connectivity index (χ1) is 20.1. The molecule has 1 aromatic heterocycles. The molecule has 5 rings (SSSR count). The van der Waals surface area contributed by atoms with Gasteiger partial charge in [-0.05, 0) is 98.8 Å². The number of carbonyl (C=O) groups excluding carboxylic acids is 1. The Morgan fingerprint density at radius 2 is 1.83 bits per heavy atom. The first-order valence-electron chi connectivity index (χ1n) is 14.4. The van der Waals surface area contributed by atoms with Crippen molar-refractivity contribution < 1.29 is 22.7 Å². The first-order valence-corrected chi connectivity index (χ1v) is 14.7. The molecule has 0 aliphatic carbocycles. The molecule has 0 bridgehead atoms. The van der Waals surface area contributed by atoms with Crippen LogP contribution in [0.25, 0.3) is 22.2 Å². The normalized spacial score (nSPS) is 14.9. The number of piperidine rings is 1. The van der Waals surface area contributed by atoms with Crippen LogP contribution < -0.4 is 10.1 Å². The molecule has 0 atom stereocenters. The van der Waals surface area contributed by atoms with Crippen molar-refractivity contribution in [3.05, 3.63) is 82.9 Å². The van der Waals surface area contributed by atoms with Gasteiger partial charge in [-0.25, -0.2) is 0 Å². The minimum Gasteiger partial charge on any atom is -0.406 e. The summed E-state index contributed by atoms with van der Waals surface area (Å²) in [5.74, 6) is 0.136. The van der Waals surface area contributed by atoms with Gasteiger partial charge in [-0.3, -0.25) is 4.79 Å². The number of aromatic nitrogens is 1.